The van der Waals surface area contributed by atoms with Crippen LogP contribution >= 0.6 is 0 Å². The van der Waals surface area contributed by atoms with Crippen molar-refractivity contribution < 1.29 is 14.3 Å². The minimum absolute atomic E-state index is 0.0323. The predicted molar refractivity (Wildman–Crippen MR) is 98.6 cm³/mol. The molecule has 0 saturated heterocycles. The summed E-state index contributed by atoms with van der Waals surface area (Å²) in [5, 5.41) is 5.34. The van der Waals surface area contributed by atoms with Crippen molar-refractivity contribution in [1.82, 2.24) is 5.32 Å². The molecule has 2 aromatic rings. The van der Waals surface area contributed by atoms with Crippen LogP contribution in [0.4, 0.5) is 5.69 Å². The van der Waals surface area contributed by atoms with E-state index in [0.29, 0.717) is 12.1 Å². The van der Waals surface area contributed by atoms with Crippen LogP contribution in [0.15, 0.2) is 48.5 Å². The molecule has 0 fully saturated rings. The molecule has 0 saturated carbocycles. The van der Waals surface area contributed by atoms with E-state index in [0.717, 1.165) is 16.9 Å². The molecule has 0 heterocycles. The minimum atomic E-state index is -0.253. The molecule has 2 amide bonds. The Kier molecular flexibility index (Phi) is 6.57. The van der Waals surface area contributed by atoms with Gasteiger partial charge in [-0.25, -0.2) is 0 Å². The van der Waals surface area contributed by atoms with Crippen molar-refractivity contribution in [1.29, 1.82) is 0 Å². The van der Waals surface area contributed by atoms with Gasteiger partial charge in [-0.2, -0.15) is 0 Å². The molecular formula is C20H24N2O3. The second-order valence-electron chi connectivity index (χ2n) is 5.83. The van der Waals surface area contributed by atoms with Gasteiger partial charge in [0.25, 0.3) is 0 Å². The van der Waals surface area contributed by atoms with Crippen LogP contribution in [0.2, 0.25) is 0 Å². The molecule has 5 nitrogen and oxygen atoms in total. The van der Waals surface area contributed by atoms with Crippen LogP contribution in [0.3, 0.4) is 0 Å². The summed E-state index contributed by atoms with van der Waals surface area (Å²) in [6.07, 6.45) is 0.295. The smallest absolute Gasteiger partial charge is 0.243 e. The van der Waals surface area contributed by atoms with Gasteiger partial charge in [-0.1, -0.05) is 37.3 Å². The summed E-state index contributed by atoms with van der Waals surface area (Å²) in [4.78, 5) is 23.1. The van der Waals surface area contributed by atoms with E-state index in [4.69, 9.17) is 4.74 Å². The Labute approximate surface area is 148 Å². The quantitative estimate of drug-likeness (QED) is 0.809. The number of nitrogens with one attached hydrogen (secondary N) is 2. The van der Waals surface area contributed by atoms with Gasteiger partial charge in [-0.15, -0.1) is 0 Å². The van der Waals surface area contributed by atoms with Gasteiger partial charge in [0.15, 0.2) is 0 Å². The Hall–Kier alpha value is -2.82. The number of carbonyl (C=O) groups excluding carboxylic acids is 2. The number of amides is 2. The standard InChI is InChI=1S/C20H24N2O3/c1-4-19(23)21-13-20(24)22-18-11-10-17(12-14(18)2)25-15(3)16-8-6-5-7-9-16/h5-12,15H,4,13H2,1-3H3,(H,21,23)(H,22,24)/t15-/m1/s1. The number of benzene rings is 2. The summed E-state index contributed by atoms with van der Waals surface area (Å²) >= 11 is 0. The summed E-state index contributed by atoms with van der Waals surface area (Å²) < 4.78 is 5.96. The molecule has 0 aromatic heterocycles. The van der Waals surface area contributed by atoms with Crippen LogP contribution in [-0.4, -0.2) is 18.4 Å². The first kappa shape index (κ1) is 18.5. The number of ether oxygens (including phenoxy) is 1. The first-order valence-electron chi connectivity index (χ1n) is 8.38. The Morgan fingerprint density at radius 3 is 2.44 bits per heavy atom. The van der Waals surface area contributed by atoms with Crippen molar-refractivity contribution >= 4 is 17.5 Å². The fourth-order valence-corrected chi connectivity index (χ4v) is 2.34. The van der Waals surface area contributed by atoms with E-state index in [1.807, 2.05) is 62.4 Å². The molecule has 0 radical (unpaired) electrons. The maximum absolute atomic E-state index is 11.9. The fourth-order valence-electron chi connectivity index (χ4n) is 2.34. The lowest BCUT2D eigenvalue weighted by Gasteiger charge is -2.16. The number of hydrogen-bond acceptors (Lipinski definition) is 3. The lowest BCUT2D eigenvalue weighted by molar-refractivity contribution is -0.123. The summed E-state index contributed by atoms with van der Waals surface area (Å²) in [6, 6.07) is 15.5. The molecule has 132 valence electrons. The molecule has 0 aliphatic carbocycles. The van der Waals surface area contributed by atoms with Crippen LogP contribution in [-0.2, 0) is 9.59 Å². The van der Waals surface area contributed by atoms with Gasteiger partial charge in [0.1, 0.15) is 11.9 Å². The van der Waals surface area contributed by atoms with E-state index in [9.17, 15) is 9.59 Å². The highest BCUT2D eigenvalue weighted by Gasteiger charge is 2.10. The van der Waals surface area contributed by atoms with Crippen LogP contribution in [0.1, 0.15) is 37.5 Å². The fraction of sp³-hybridized carbons (Fsp3) is 0.300. The average Bonchev–Trinajstić information content (AvgIpc) is 2.62. The summed E-state index contributed by atoms with van der Waals surface area (Å²) in [7, 11) is 0. The van der Waals surface area contributed by atoms with Gasteiger partial charge in [0.05, 0.1) is 6.54 Å². The molecular weight excluding hydrogens is 316 g/mol. The molecule has 0 bridgehead atoms. The number of anilines is 1. The normalized spacial score (nSPS) is 11.5. The third-order valence-corrected chi connectivity index (χ3v) is 3.82. The lowest BCUT2D eigenvalue weighted by atomic mass is 10.1. The molecule has 1 atom stereocenters. The SMILES string of the molecule is CCC(=O)NCC(=O)Nc1ccc(O[C@H](C)c2ccccc2)cc1C. The molecule has 2 aromatic carbocycles. The van der Waals surface area contributed by atoms with Crippen molar-refractivity contribution in [2.75, 3.05) is 11.9 Å². The summed E-state index contributed by atoms with van der Waals surface area (Å²) in [6.45, 7) is 5.61. The number of carbonyl (C=O) groups is 2. The second kappa shape index (κ2) is 8.87. The van der Waals surface area contributed by atoms with Crippen molar-refractivity contribution in [3.05, 3.63) is 59.7 Å². The molecule has 0 aliphatic heterocycles. The Bertz CT molecular complexity index is 729. The largest absolute Gasteiger partial charge is 0.486 e. The summed E-state index contributed by atoms with van der Waals surface area (Å²) in [5.41, 5.74) is 2.70. The zero-order valence-corrected chi connectivity index (χ0v) is 14.8. The van der Waals surface area contributed by atoms with E-state index in [-0.39, 0.29) is 24.5 Å². The number of hydrogen-bond donors (Lipinski definition) is 2. The number of rotatable bonds is 7. The third-order valence-electron chi connectivity index (χ3n) is 3.82. The highest BCUT2D eigenvalue weighted by atomic mass is 16.5. The van der Waals surface area contributed by atoms with Gasteiger partial charge in [-0.3, -0.25) is 9.59 Å². The van der Waals surface area contributed by atoms with Crippen molar-refractivity contribution in [3.63, 3.8) is 0 Å². The minimum Gasteiger partial charge on any atom is -0.486 e. The second-order valence-corrected chi connectivity index (χ2v) is 5.83. The predicted octanol–water partition coefficient (Wildman–Crippen LogP) is 3.60. The van der Waals surface area contributed by atoms with Gasteiger partial charge in [-0.05, 0) is 43.2 Å². The molecule has 2 N–H and O–H groups in total. The Morgan fingerprint density at radius 1 is 1.08 bits per heavy atom. The average molecular weight is 340 g/mol. The Morgan fingerprint density at radius 2 is 1.80 bits per heavy atom. The highest BCUT2D eigenvalue weighted by Crippen LogP contribution is 2.26. The van der Waals surface area contributed by atoms with Crippen LogP contribution in [0.25, 0.3) is 0 Å². The zero-order chi connectivity index (χ0) is 18.2. The molecule has 2 rings (SSSR count). The van der Waals surface area contributed by atoms with Crippen molar-refractivity contribution in [2.45, 2.75) is 33.3 Å². The van der Waals surface area contributed by atoms with E-state index >= 15 is 0 Å². The molecule has 0 unspecified atom stereocenters. The summed E-state index contributed by atoms with van der Waals surface area (Å²) in [5.74, 6) is 0.341. The van der Waals surface area contributed by atoms with E-state index < -0.39 is 0 Å². The highest BCUT2D eigenvalue weighted by molar-refractivity contribution is 5.95. The van der Waals surface area contributed by atoms with Crippen LogP contribution in [0.5, 0.6) is 5.75 Å². The van der Waals surface area contributed by atoms with Crippen LogP contribution in [0, 0.1) is 6.92 Å². The maximum atomic E-state index is 11.9. The van der Waals surface area contributed by atoms with Crippen LogP contribution < -0.4 is 15.4 Å². The first-order valence-corrected chi connectivity index (χ1v) is 8.38. The lowest BCUT2D eigenvalue weighted by Crippen LogP contribution is -2.32. The van der Waals surface area contributed by atoms with Gasteiger partial charge in [0.2, 0.25) is 11.8 Å². The first-order chi connectivity index (χ1) is 12.0. The zero-order valence-electron chi connectivity index (χ0n) is 14.8. The molecule has 0 spiro atoms. The van der Waals surface area contributed by atoms with Gasteiger partial charge in [0, 0.05) is 12.1 Å². The van der Waals surface area contributed by atoms with Gasteiger partial charge < -0.3 is 15.4 Å². The van der Waals surface area contributed by atoms with Gasteiger partial charge >= 0.3 is 0 Å². The van der Waals surface area contributed by atoms with Crippen molar-refractivity contribution in [3.8, 4) is 5.75 Å². The van der Waals surface area contributed by atoms with E-state index in [1.165, 1.54) is 0 Å². The Balaban J connectivity index is 1.96. The molecule has 0 aliphatic rings. The van der Waals surface area contributed by atoms with E-state index in [1.54, 1.807) is 6.92 Å². The third kappa shape index (κ3) is 5.64. The topological polar surface area (TPSA) is 67.4 Å². The maximum Gasteiger partial charge on any atom is 0.243 e. The molecule has 25 heavy (non-hydrogen) atoms. The number of aryl methyl sites for hydroxylation is 1. The molecule has 5 heteroatoms. The monoisotopic (exact) mass is 340 g/mol. The van der Waals surface area contributed by atoms with Crippen molar-refractivity contribution in [2.24, 2.45) is 0 Å². The van der Waals surface area contributed by atoms with E-state index in [2.05, 4.69) is 10.6 Å².